The van der Waals surface area contributed by atoms with E-state index in [2.05, 4.69) is 43.3 Å². The molecule has 94 valence electrons. The first-order chi connectivity index (χ1) is 8.78. The Morgan fingerprint density at radius 2 is 2.11 bits per heavy atom. The molecule has 0 saturated carbocycles. The van der Waals surface area contributed by atoms with E-state index < -0.39 is 0 Å². The SMILES string of the molecule is CCc1ccc(C(O)CC2Cc3ccccc32)s1. The summed E-state index contributed by atoms with van der Waals surface area (Å²) in [6, 6.07) is 12.8. The molecule has 2 heteroatoms. The summed E-state index contributed by atoms with van der Waals surface area (Å²) in [6.07, 6.45) is 2.75. The fourth-order valence-corrected chi connectivity index (χ4v) is 3.67. The minimum atomic E-state index is -0.298. The van der Waals surface area contributed by atoms with Crippen LogP contribution in [0.15, 0.2) is 36.4 Å². The Balaban J connectivity index is 1.68. The molecule has 1 N–H and O–H groups in total. The minimum absolute atomic E-state index is 0.298. The first kappa shape index (κ1) is 11.9. The molecule has 3 rings (SSSR count). The van der Waals surface area contributed by atoms with E-state index in [1.165, 1.54) is 16.0 Å². The van der Waals surface area contributed by atoms with E-state index in [4.69, 9.17) is 0 Å². The standard InChI is InChI=1S/C16H18OS/c1-2-13-7-8-16(18-13)15(17)10-12-9-11-5-3-4-6-14(11)12/h3-8,12,15,17H,2,9-10H2,1H3. The molecule has 2 atom stereocenters. The van der Waals surface area contributed by atoms with Crippen LogP contribution in [-0.4, -0.2) is 5.11 Å². The van der Waals surface area contributed by atoms with Gasteiger partial charge in [0.05, 0.1) is 6.10 Å². The van der Waals surface area contributed by atoms with Gasteiger partial charge in [-0.15, -0.1) is 11.3 Å². The van der Waals surface area contributed by atoms with Gasteiger partial charge >= 0.3 is 0 Å². The summed E-state index contributed by atoms with van der Waals surface area (Å²) in [6.45, 7) is 2.16. The Morgan fingerprint density at radius 3 is 2.83 bits per heavy atom. The lowest BCUT2D eigenvalue weighted by Crippen LogP contribution is -2.19. The maximum atomic E-state index is 10.3. The lowest BCUT2D eigenvalue weighted by atomic mass is 9.75. The van der Waals surface area contributed by atoms with Gasteiger partial charge in [-0.2, -0.15) is 0 Å². The monoisotopic (exact) mass is 258 g/mol. The first-order valence-corrected chi connectivity index (χ1v) is 7.44. The molecule has 1 aromatic heterocycles. The largest absolute Gasteiger partial charge is 0.388 e. The molecule has 18 heavy (non-hydrogen) atoms. The van der Waals surface area contributed by atoms with Gasteiger partial charge in [0, 0.05) is 9.75 Å². The van der Waals surface area contributed by atoms with Crippen molar-refractivity contribution in [2.45, 2.75) is 38.2 Å². The third-order valence-corrected chi connectivity index (χ3v) is 5.16. The Hall–Kier alpha value is -1.12. The average molecular weight is 258 g/mol. The molecule has 0 saturated heterocycles. The topological polar surface area (TPSA) is 20.2 Å². The molecule has 0 aliphatic heterocycles. The molecule has 0 radical (unpaired) electrons. The van der Waals surface area contributed by atoms with Crippen molar-refractivity contribution in [2.75, 3.05) is 0 Å². The summed E-state index contributed by atoms with van der Waals surface area (Å²) in [5.74, 6) is 0.545. The van der Waals surface area contributed by atoms with Crippen LogP contribution in [0.4, 0.5) is 0 Å². The lowest BCUT2D eigenvalue weighted by molar-refractivity contribution is 0.157. The van der Waals surface area contributed by atoms with Crippen molar-refractivity contribution < 1.29 is 5.11 Å². The molecule has 2 unspecified atom stereocenters. The third-order valence-electron chi connectivity index (χ3n) is 3.83. The van der Waals surface area contributed by atoms with Crippen molar-refractivity contribution in [2.24, 2.45) is 0 Å². The van der Waals surface area contributed by atoms with Crippen LogP contribution in [0.5, 0.6) is 0 Å². The Labute approximate surface area is 112 Å². The van der Waals surface area contributed by atoms with Crippen LogP contribution < -0.4 is 0 Å². The van der Waals surface area contributed by atoms with E-state index in [1.807, 2.05) is 0 Å². The van der Waals surface area contributed by atoms with Gasteiger partial charge in [0.2, 0.25) is 0 Å². The number of aryl methyl sites for hydroxylation is 1. The summed E-state index contributed by atoms with van der Waals surface area (Å²) in [4.78, 5) is 2.48. The van der Waals surface area contributed by atoms with Crippen molar-refractivity contribution in [3.05, 3.63) is 57.3 Å². The van der Waals surface area contributed by atoms with Crippen LogP contribution >= 0.6 is 11.3 Å². The molecular formula is C16H18OS. The zero-order valence-corrected chi connectivity index (χ0v) is 11.4. The van der Waals surface area contributed by atoms with Crippen molar-refractivity contribution in [1.82, 2.24) is 0 Å². The zero-order valence-electron chi connectivity index (χ0n) is 10.6. The second kappa shape index (κ2) is 4.87. The maximum Gasteiger partial charge on any atom is 0.0888 e. The number of hydrogen-bond donors (Lipinski definition) is 1. The Morgan fingerprint density at radius 1 is 1.28 bits per heavy atom. The molecule has 1 nitrogen and oxygen atoms in total. The second-order valence-corrected chi connectivity index (χ2v) is 6.21. The number of rotatable bonds is 4. The van der Waals surface area contributed by atoms with Crippen LogP contribution in [0, 0.1) is 0 Å². The summed E-state index contributed by atoms with van der Waals surface area (Å²) in [5.41, 5.74) is 2.89. The molecule has 0 spiro atoms. The molecule has 2 aromatic rings. The number of aliphatic hydroxyl groups excluding tert-OH is 1. The number of benzene rings is 1. The maximum absolute atomic E-state index is 10.3. The van der Waals surface area contributed by atoms with Crippen molar-refractivity contribution in [3.63, 3.8) is 0 Å². The van der Waals surface area contributed by atoms with Crippen LogP contribution in [0.3, 0.4) is 0 Å². The minimum Gasteiger partial charge on any atom is -0.388 e. The fraction of sp³-hybridized carbons (Fsp3) is 0.375. The van der Waals surface area contributed by atoms with Gasteiger partial charge in [0.15, 0.2) is 0 Å². The van der Waals surface area contributed by atoms with Gasteiger partial charge < -0.3 is 5.11 Å². The highest BCUT2D eigenvalue weighted by atomic mass is 32.1. The lowest BCUT2D eigenvalue weighted by Gasteiger charge is -2.31. The summed E-state index contributed by atoms with van der Waals surface area (Å²) in [7, 11) is 0. The quantitative estimate of drug-likeness (QED) is 0.876. The van der Waals surface area contributed by atoms with Gasteiger partial charge in [0.1, 0.15) is 0 Å². The Kier molecular flexibility index (Phi) is 3.23. The van der Waals surface area contributed by atoms with Crippen LogP contribution in [0.2, 0.25) is 0 Å². The summed E-state index contributed by atoms with van der Waals surface area (Å²) < 4.78 is 0. The zero-order chi connectivity index (χ0) is 12.5. The Bertz CT molecular complexity index is 544. The average Bonchev–Trinajstić information content (AvgIpc) is 2.84. The molecular weight excluding hydrogens is 240 g/mol. The molecule has 0 fully saturated rings. The highest BCUT2D eigenvalue weighted by Crippen LogP contribution is 2.41. The van der Waals surface area contributed by atoms with Gasteiger partial charge in [-0.05, 0) is 48.4 Å². The molecule has 0 amide bonds. The highest BCUT2D eigenvalue weighted by molar-refractivity contribution is 7.12. The first-order valence-electron chi connectivity index (χ1n) is 6.62. The molecule has 1 aliphatic carbocycles. The van der Waals surface area contributed by atoms with E-state index in [0.29, 0.717) is 5.92 Å². The summed E-state index contributed by atoms with van der Waals surface area (Å²) in [5, 5.41) is 10.3. The summed E-state index contributed by atoms with van der Waals surface area (Å²) >= 11 is 1.75. The molecule has 1 aliphatic rings. The fourth-order valence-electron chi connectivity index (χ4n) is 2.72. The van der Waals surface area contributed by atoms with Gasteiger partial charge in [0.25, 0.3) is 0 Å². The second-order valence-electron chi connectivity index (χ2n) is 5.01. The normalized spacial score (nSPS) is 19.1. The van der Waals surface area contributed by atoms with Crippen molar-refractivity contribution >= 4 is 11.3 Å². The number of thiophene rings is 1. The third kappa shape index (κ3) is 2.11. The predicted molar refractivity (Wildman–Crippen MR) is 76.2 cm³/mol. The number of hydrogen-bond acceptors (Lipinski definition) is 2. The van der Waals surface area contributed by atoms with E-state index >= 15 is 0 Å². The molecule has 1 heterocycles. The van der Waals surface area contributed by atoms with Crippen molar-refractivity contribution in [3.8, 4) is 0 Å². The van der Waals surface area contributed by atoms with Crippen LogP contribution in [-0.2, 0) is 12.8 Å². The molecule has 0 bridgehead atoms. The van der Waals surface area contributed by atoms with Gasteiger partial charge in [-0.25, -0.2) is 0 Å². The van der Waals surface area contributed by atoms with E-state index in [0.717, 1.165) is 24.1 Å². The smallest absolute Gasteiger partial charge is 0.0888 e. The van der Waals surface area contributed by atoms with E-state index in [9.17, 15) is 5.11 Å². The number of aliphatic hydroxyl groups is 1. The van der Waals surface area contributed by atoms with E-state index in [-0.39, 0.29) is 6.10 Å². The van der Waals surface area contributed by atoms with Crippen LogP contribution in [0.25, 0.3) is 0 Å². The number of fused-ring (bicyclic) bond motifs is 1. The van der Waals surface area contributed by atoms with Gasteiger partial charge in [-0.3, -0.25) is 0 Å². The molecule has 1 aromatic carbocycles. The van der Waals surface area contributed by atoms with Crippen LogP contribution in [0.1, 0.15) is 46.2 Å². The predicted octanol–water partition coefficient (Wildman–Crippen LogP) is 4.07. The van der Waals surface area contributed by atoms with Gasteiger partial charge in [-0.1, -0.05) is 31.2 Å². The highest BCUT2D eigenvalue weighted by Gasteiger charge is 2.28. The van der Waals surface area contributed by atoms with Crippen molar-refractivity contribution in [1.29, 1.82) is 0 Å². The van der Waals surface area contributed by atoms with E-state index in [1.54, 1.807) is 11.3 Å².